The van der Waals surface area contributed by atoms with E-state index in [0.29, 0.717) is 5.69 Å². The maximum Gasteiger partial charge on any atom is 0.262 e. The van der Waals surface area contributed by atoms with Crippen molar-refractivity contribution in [2.75, 3.05) is 4.72 Å². The van der Waals surface area contributed by atoms with E-state index in [0.717, 1.165) is 10.8 Å². The lowest BCUT2D eigenvalue weighted by Crippen LogP contribution is -2.13. The number of fused-ring (bicyclic) bond motifs is 1. The van der Waals surface area contributed by atoms with Crippen LogP contribution in [0.25, 0.3) is 10.8 Å². The van der Waals surface area contributed by atoms with E-state index in [1.54, 1.807) is 30.6 Å². The maximum atomic E-state index is 12.4. The average Bonchev–Trinajstić information content (AvgIpc) is 2.47. The molecule has 3 aromatic rings. The van der Waals surface area contributed by atoms with Gasteiger partial charge in [-0.15, -0.1) is 0 Å². The fourth-order valence-corrected chi connectivity index (χ4v) is 3.18. The maximum absolute atomic E-state index is 12.4. The second kappa shape index (κ2) is 5.06. The van der Waals surface area contributed by atoms with Gasteiger partial charge in [-0.05, 0) is 24.3 Å². The van der Waals surface area contributed by atoms with Crippen LogP contribution in [0.1, 0.15) is 0 Å². The Morgan fingerprint density at radius 1 is 1.05 bits per heavy atom. The summed E-state index contributed by atoms with van der Waals surface area (Å²) in [5.41, 5.74) is 0.471. The molecule has 2 aromatic carbocycles. The minimum atomic E-state index is -3.76. The van der Waals surface area contributed by atoms with Crippen molar-refractivity contribution >= 4 is 26.5 Å². The Morgan fingerprint density at radius 2 is 1.86 bits per heavy atom. The van der Waals surface area contributed by atoms with Crippen molar-refractivity contribution in [2.24, 2.45) is 0 Å². The molecule has 106 valence electrons. The molecule has 1 heterocycles. The molecule has 0 aliphatic carbocycles. The number of anilines is 1. The largest absolute Gasteiger partial charge is 0.508 e. The zero-order valence-corrected chi connectivity index (χ0v) is 11.7. The van der Waals surface area contributed by atoms with Gasteiger partial charge in [-0.25, -0.2) is 8.42 Å². The Balaban J connectivity index is 2.06. The van der Waals surface area contributed by atoms with Gasteiger partial charge in [-0.3, -0.25) is 9.71 Å². The van der Waals surface area contributed by atoms with E-state index in [1.807, 2.05) is 6.07 Å². The number of aromatic hydroxyl groups is 1. The fraction of sp³-hybridized carbons (Fsp3) is 0. The van der Waals surface area contributed by atoms with Crippen molar-refractivity contribution in [3.05, 3.63) is 60.9 Å². The van der Waals surface area contributed by atoms with Crippen LogP contribution >= 0.6 is 0 Å². The molecule has 0 unspecified atom stereocenters. The quantitative estimate of drug-likeness (QED) is 0.779. The number of sulfonamides is 1. The number of hydrogen-bond donors (Lipinski definition) is 2. The summed E-state index contributed by atoms with van der Waals surface area (Å²) in [6, 6.07) is 12.6. The van der Waals surface area contributed by atoms with E-state index in [4.69, 9.17) is 0 Å². The van der Waals surface area contributed by atoms with Gasteiger partial charge in [0.05, 0.1) is 10.6 Å². The molecule has 5 nitrogen and oxygen atoms in total. The van der Waals surface area contributed by atoms with Crippen LogP contribution < -0.4 is 4.72 Å². The van der Waals surface area contributed by atoms with Gasteiger partial charge in [0.15, 0.2) is 0 Å². The Hall–Kier alpha value is -2.60. The normalized spacial score (nSPS) is 11.4. The molecular formula is C15H12N2O3S. The van der Waals surface area contributed by atoms with Crippen LogP contribution in [0.3, 0.4) is 0 Å². The molecule has 6 heteroatoms. The highest BCUT2D eigenvalue weighted by Crippen LogP contribution is 2.25. The summed E-state index contributed by atoms with van der Waals surface area (Å²) < 4.78 is 27.3. The Labute approximate surface area is 121 Å². The lowest BCUT2D eigenvalue weighted by atomic mass is 10.1. The van der Waals surface area contributed by atoms with Gasteiger partial charge in [-0.1, -0.05) is 18.2 Å². The molecule has 3 rings (SSSR count). The van der Waals surface area contributed by atoms with Gasteiger partial charge in [-0.2, -0.15) is 0 Å². The molecule has 0 bridgehead atoms. The molecule has 0 saturated heterocycles. The monoisotopic (exact) mass is 300 g/mol. The zero-order chi connectivity index (χ0) is 14.9. The van der Waals surface area contributed by atoms with E-state index in [1.165, 1.54) is 24.3 Å². The summed E-state index contributed by atoms with van der Waals surface area (Å²) in [5.74, 6) is -0.0972. The van der Waals surface area contributed by atoms with Crippen LogP contribution in [-0.2, 0) is 10.0 Å². The van der Waals surface area contributed by atoms with E-state index < -0.39 is 10.0 Å². The minimum Gasteiger partial charge on any atom is -0.508 e. The molecule has 0 fully saturated rings. The standard InChI is InChI=1S/C15H12N2O3S/c18-12-4-2-5-13(9-12)21(19,20)17-15-6-1-3-11-10-16-8-7-14(11)15/h1-10,17-18H. The summed E-state index contributed by atoms with van der Waals surface area (Å²) in [7, 11) is -3.76. The smallest absolute Gasteiger partial charge is 0.262 e. The van der Waals surface area contributed by atoms with Crippen molar-refractivity contribution in [3.63, 3.8) is 0 Å². The van der Waals surface area contributed by atoms with E-state index in [-0.39, 0.29) is 10.6 Å². The van der Waals surface area contributed by atoms with Gasteiger partial charge in [0.1, 0.15) is 5.75 Å². The zero-order valence-electron chi connectivity index (χ0n) is 10.9. The number of nitrogens with zero attached hydrogens (tertiary/aromatic N) is 1. The van der Waals surface area contributed by atoms with Crippen molar-refractivity contribution in [1.82, 2.24) is 4.98 Å². The molecule has 0 aliphatic heterocycles. The summed E-state index contributed by atoms with van der Waals surface area (Å²) in [4.78, 5) is 4.02. The first-order valence-electron chi connectivity index (χ1n) is 6.21. The molecule has 0 atom stereocenters. The van der Waals surface area contributed by atoms with Crippen molar-refractivity contribution in [2.45, 2.75) is 4.90 Å². The molecular weight excluding hydrogens is 288 g/mol. The van der Waals surface area contributed by atoms with Gasteiger partial charge in [0, 0.05) is 29.2 Å². The molecule has 21 heavy (non-hydrogen) atoms. The highest BCUT2D eigenvalue weighted by atomic mass is 32.2. The minimum absolute atomic E-state index is 0.00793. The Bertz CT molecular complexity index is 902. The third-order valence-corrected chi connectivity index (χ3v) is 4.42. The lowest BCUT2D eigenvalue weighted by molar-refractivity contribution is 0.473. The van der Waals surface area contributed by atoms with Gasteiger partial charge >= 0.3 is 0 Å². The first-order chi connectivity index (χ1) is 10.1. The summed E-state index contributed by atoms with van der Waals surface area (Å²) in [5, 5.41) is 11.0. The lowest BCUT2D eigenvalue weighted by Gasteiger charge is -2.10. The van der Waals surface area contributed by atoms with E-state index >= 15 is 0 Å². The van der Waals surface area contributed by atoms with Crippen LogP contribution in [0, 0.1) is 0 Å². The summed E-state index contributed by atoms with van der Waals surface area (Å²) in [6.07, 6.45) is 3.27. The average molecular weight is 300 g/mol. The SMILES string of the molecule is O=S(=O)(Nc1cccc2cnccc12)c1cccc(O)c1. The number of phenolic OH excluding ortho intramolecular Hbond substituents is 1. The molecule has 0 aliphatic rings. The van der Waals surface area contributed by atoms with Crippen LogP contribution in [0.15, 0.2) is 65.8 Å². The number of rotatable bonds is 3. The summed E-state index contributed by atoms with van der Waals surface area (Å²) >= 11 is 0. The first-order valence-corrected chi connectivity index (χ1v) is 7.69. The van der Waals surface area contributed by atoms with Gasteiger partial charge in [0.2, 0.25) is 0 Å². The molecule has 0 spiro atoms. The number of aromatic nitrogens is 1. The predicted octanol–water partition coefficient (Wildman–Crippen LogP) is 2.74. The van der Waals surface area contributed by atoms with Crippen LogP contribution in [0.2, 0.25) is 0 Å². The van der Waals surface area contributed by atoms with Crippen LogP contribution in [-0.4, -0.2) is 18.5 Å². The highest BCUT2D eigenvalue weighted by molar-refractivity contribution is 7.92. The molecule has 0 radical (unpaired) electrons. The topological polar surface area (TPSA) is 79.3 Å². The third-order valence-electron chi connectivity index (χ3n) is 3.05. The van der Waals surface area contributed by atoms with Gasteiger partial charge in [0.25, 0.3) is 10.0 Å². The predicted molar refractivity (Wildman–Crippen MR) is 80.7 cm³/mol. The third kappa shape index (κ3) is 2.66. The molecule has 0 amide bonds. The number of benzene rings is 2. The van der Waals surface area contributed by atoms with Gasteiger partial charge < -0.3 is 5.11 Å². The number of hydrogen-bond acceptors (Lipinski definition) is 4. The molecule has 0 saturated carbocycles. The Morgan fingerprint density at radius 3 is 2.67 bits per heavy atom. The highest BCUT2D eigenvalue weighted by Gasteiger charge is 2.15. The fourth-order valence-electron chi connectivity index (χ4n) is 2.07. The van der Waals surface area contributed by atoms with Crippen molar-refractivity contribution in [1.29, 1.82) is 0 Å². The second-order valence-corrected chi connectivity index (χ2v) is 6.19. The number of pyridine rings is 1. The second-order valence-electron chi connectivity index (χ2n) is 4.51. The van der Waals surface area contributed by atoms with Crippen LogP contribution in [0.4, 0.5) is 5.69 Å². The van der Waals surface area contributed by atoms with Crippen molar-refractivity contribution < 1.29 is 13.5 Å². The van der Waals surface area contributed by atoms with E-state index in [9.17, 15) is 13.5 Å². The van der Waals surface area contributed by atoms with E-state index in [2.05, 4.69) is 9.71 Å². The molecule has 1 aromatic heterocycles. The van der Waals surface area contributed by atoms with Crippen LogP contribution in [0.5, 0.6) is 5.75 Å². The molecule has 2 N–H and O–H groups in total. The Kier molecular flexibility index (Phi) is 3.23. The van der Waals surface area contributed by atoms with Crippen molar-refractivity contribution in [3.8, 4) is 5.75 Å². The summed E-state index contributed by atoms with van der Waals surface area (Å²) in [6.45, 7) is 0. The first kappa shape index (κ1) is 13.4. The number of phenols is 1. The number of nitrogens with one attached hydrogen (secondary N) is 1.